The van der Waals surface area contributed by atoms with Crippen molar-refractivity contribution < 1.29 is 9.47 Å². The maximum absolute atomic E-state index is 13.5. The van der Waals surface area contributed by atoms with Crippen molar-refractivity contribution in [3.05, 3.63) is 61.6 Å². The number of hydrogen-bond donors (Lipinski definition) is 0. The Morgan fingerprint density at radius 1 is 1.26 bits per heavy atom. The van der Waals surface area contributed by atoms with Gasteiger partial charge in [-0.2, -0.15) is 9.78 Å². The van der Waals surface area contributed by atoms with Crippen molar-refractivity contribution in [2.24, 2.45) is 5.10 Å². The molecule has 0 saturated heterocycles. The first-order chi connectivity index (χ1) is 16.9. The molecule has 4 rings (SSSR count). The van der Waals surface area contributed by atoms with Crippen molar-refractivity contribution in [3.8, 4) is 11.5 Å². The summed E-state index contributed by atoms with van der Waals surface area (Å²) in [4.78, 5) is 18.4. The number of fused-ring (bicyclic) bond motifs is 1. The lowest BCUT2D eigenvalue weighted by molar-refractivity contribution is 0.203. The summed E-state index contributed by atoms with van der Waals surface area (Å²) in [6.07, 6.45) is 7.95. The van der Waals surface area contributed by atoms with Gasteiger partial charge in [0.2, 0.25) is 0 Å². The molecule has 1 aliphatic rings. The molecule has 1 saturated carbocycles. The first kappa shape index (κ1) is 25.7. The van der Waals surface area contributed by atoms with Crippen LogP contribution >= 0.6 is 27.5 Å². The topological polar surface area (TPSA) is 65.7 Å². The van der Waals surface area contributed by atoms with Crippen LogP contribution in [0.3, 0.4) is 0 Å². The van der Waals surface area contributed by atoms with Gasteiger partial charge in [-0.05, 0) is 67.2 Å². The summed E-state index contributed by atoms with van der Waals surface area (Å²) in [6, 6.07) is 9.27. The summed E-state index contributed by atoms with van der Waals surface area (Å²) >= 11 is 10.3. The molecule has 0 radical (unpaired) electrons. The van der Waals surface area contributed by atoms with E-state index in [-0.39, 0.29) is 17.6 Å². The molecule has 3 aromatic rings. The average Bonchev–Trinajstić information content (AvgIpc) is 2.88. The van der Waals surface area contributed by atoms with Gasteiger partial charge in [0.25, 0.3) is 5.56 Å². The molecule has 1 aromatic heterocycles. The number of rotatable bonds is 8. The fraction of sp³-hybridized carbons (Fsp3) is 0.444. The molecule has 6 nitrogen and oxygen atoms in total. The van der Waals surface area contributed by atoms with Crippen molar-refractivity contribution in [3.63, 3.8) is 0 Å². The van der Waals surface area contributed by atoms with Crippen molar-refractivity contribution >= 4 is 44.6 Å². The van der Waals surface area contributed by atoms with Crippen LogP contribution in [0.5, 0.6) is 11.5 Å². The van der Waals surface area contributed by atoms with Gasteiger partial charge in [0.05, 0.1) is 29.8 Å². The summed E-state index contributed by atoms with van der Waals surface area (Å²) in [6.45, 7) is 6.41. The minimum absolute atomic E-state index is 0.0153. The quantitative estimate of drug-likeness (QED) is 0.271. The summed E-state index contributed by atoms with van der Waals surface area (Å²) < 4.78 is 14.0. The molecule has 1 heterocycles. The maximum Gasteiger partial charge on any atom is 0.282 e. The lowest BCUT2D eigenvalue weighted by atomic mass is 9.88. The molecule has 0 unspecified atom stereocenters. The monoisotopic (exact) mass is 559 g/mol. The van der Waals surface area contributed by atoms with Gasteiger partial charge in [-0.1, -0.05) is 49.9 Å². The summed E-state index contributed by atoms with van der Waals surface area (Å²) in [5.41, 5.74) is 1.22. The fourth-order valence-electron chi connectivity index (χ4n) is 4.35. The highest BCUT2D eigenvalue weighted by Gasteiger charge is 2.23. The van der Waals surface area contributed by atoms with Crippen LogP contribution in [0.25, 0.3) is 10.9 Å². The SMILES string of the molecule is CCOc1cc(C=Nn2c(C3CCCCC3)nc3ccccc3c2=O)c(Br)c(Cl)c1O[C@@H](C)CC. The third kappa shape index (κ3) is 5.56. The average molecular weight is 561 g/mol. The van der Waals surface area contributed by atoms with E-state index in [0.29, 0.717) is 49.9 Å². The van der Waals surface area contributed by atoms with Gasteiger partial charge < -0.3 is 9.47 Å². The van der Waals surface area contributed by atoms with Gasteiger partial charge in [0.1, 0.15) is 10.8 Å². The first-order valence-corrected chi connectivity index (χ1v) is 13.5. The number of aromatic nitrogens is 2. The molecule has 1 atom stereocenters. The van der Waals surface area contributed by atoms with Gasteiger partial charge in [0.15, 0.2) is 11.5 Å². The molecule has 0 amide bonds. The van der Waals surface area contributed by atoms with Gasteiger partial charge >= 0.3 is 0 Å². The summed E-state index contributed by atoms with van der Waals surface area (Å²) in [5, 5.41) is 5.60. The Hall–Kier alpha value is -2.38. The molecule has 35 heavy (non-hydrogen) atoms. The van der Waals surface area contributed by atoms with Crippen LogP contribution in [-0.4, -0.2) is 28.6 Å². The van der Waals surface area contributed by atoms with Crippen LogP contribution in [0, 0.1) is 0 Å². The minimum atomic E-state index is -0.170. The zero-order valence-corrected chi connectivity index (χ0v) is 22.7. The van der Waals surface area contributed by atoms with Crippen molar-refractivity contribution in [2.75, 3.05) is 6.61 Å². The highest BCUT2D eigenvalue weighted by molar-refractivity contribution is 9.10. The Morgan fingerprint density at radius 3 is 2.71 bits per heavy atom. The van der Waals surface area contributed by atoms with Crippen LogP contribution in [0.4, 0.5) is 0 Å². The zero-order chi connectivity index (χ0) is 24.9. The second-order valence-corrected chi connectivity index (χ2v) is 10.0. The molecule has 186 valence electrons. The van der Waals surface area contributed by atoms with Crippen LogP contribution < -0.4 is 15.0 Å². The molecule has 0 spiro atoms. The number of ether oxygens (including phenoxy) is 2. The Labute approximate surface area is 219 Å². The predicted octanol–water partition coefficient (Wildman–Crippen LogP) is 7.32. The first-order valence-electron chi connectivity index (χ1n) is 12.3. The largest absolute Gasteiger partial charge is 0.490 e. The Morgan fingerprint density at radius 2 is 2.00 bits per heavy atom. The van der Waals surface area contributed by atoms with E-state index in [9.17, 15) is 4.79 Å². The Bertz CT molecular complexity index is 1280. The number of nitrogens with zero attached hydrogens (tertiary/aromatic N) is 3. The second-order valence-electron chi connectivity index (χ2n) is 8.87. The van der Waals surface area contributed by atoms with Crippen molar-refractivity contribution in [2.45, 2.75) is 71.3 Å². The maximum atomic E-state index is 13.5. The van der Waals surface area contributed by atoms with Gasteiger partial charge in [0, 0.05) is 16.0 Å². The molecular formula is C27H31BrClN3O3. The zero-order valence-electron chi connectivity index (χ0n) is 20.4. The number of benzene rings is 2. The van der Waals surface area contributed by atoms with E-state index in [1.807, 2.05) is 45.0 Å². The third-order valence-electron chi connectivity index (χ3n) is 6.41. The number of hydrogen-bond acceptors (Lipinski definition) is 5. The van der Waals surface area contributed by atoms with Gasteiger partial charge in [-0.25, -0.2) is 4.98 Å². The lowest BCUT2D eigenvalue weighted by Crippen LogP contribution is -2.25. The molecule has 1 aliphatic carbocycles. The molecule has 2 aromatic carbocycles. The number of halogens is 2. The van der Waals surface area contributed by atoms with Gasteiger partial charge in [-0.3, -0.25) is 4.79 Å². The molecule has 8 heteroatoms. The van der Waals surface area contributed by atoms with Crippen LogP contribution in [0.1, 0.15) is 76.6 Å². The van der Waals surface area contributed by atoms with E-state index in [2.05, 4.69) is 21.0 Å². The standard InChI is InChI=1S/C27H31BrClN3O3/c1-4-17(3)35-25-22(34-5-2)15-19(23(28)24(25)29)16-30-32-26(18-11-7-6-8-12-18)31-21-14-10-9-13-20(21)27(32)33/h9-10,13-18H,4-8,11-12H2,1-3H3/t17-/m0/s1. The van der Waals surface area contributed by atoms with E-state index in [4.69, 9.17) is 26.1 Å². The molecule has 0 aliphatic heterocycles. The third-order valence-corrected chi connectivity index (χ3v) is 7.85. The smallest absolute Gasteiger partial charge is 0.282 e. The highest BCUT2D eigenvalue weighted by atomic mass is 79.9. The van der Waals surface area contributed by atoms with Crippen molar-refractivity contribution in [1.82, 2.24) is 9.66 Å². The normalized spacial score (nSPS) is 15.6. The molecular weight excluding hydrogens is 530 g/mol. The molecule has 0 N–H and O–H groups in total. The lowest BCUT2D eigenvalue weighted by Gasteiger charge is -2.23. The molecule has 1 fully saturated rings. The van der Waals surface area contributed by atoms with E-state index in [1.165, 1.54) is 11.1 Å². The van der Waals surface area contributed by atoms with Crippen molar-refractivity contribution in [1.29, 1.82) is 0 Å². The van der Waals surface area contributed by atoms with Gasteiger partial charge in [-0.15, -0.1) is 0 Å². The van der Waals surface area contributed by atoms with Crippen LogP contribution in [0.2, 0.25) is 5.02 Å². The fourth-order valence-corrected chi connectivity index (χ4v) is 5.00. The molecule has 0 bridgehead atoms. The summed E-state index contributed by atoms with van der Waals surface area (Å²) in [7, 11) is 0. The second kappa shape index (κ2) is 11.6. The Balaban J connectivity index is 1.82. The van der Waals surface area contributed by atoms with E-state index in [0.717, 1.165) is 32.1 Å². The van der Waals surface area contributed by atoms with E-state index >= 15 is 0 Å². The summed E-state index contributed by atoms with van der Waals surface area (Å²) in [5.74, 6) is 1.96. The van der Waals surface area contributed by atoms with Crippen LogP contribution in [-0.2, 0) is 0 Å². The number of para-hydroxylation sites is 1. The van der Waals surface area contributed by atoms with E-state index < -0.39 is 0 Å². The Kier molecular flexibility index (Phi) is 8.50. The minimum Gasteiger partial charge on any atom is -0.490 e. The highest BCUT2D eigenvalue weighted by Crippen LogP contribution is 2.43. The van der Waals surface area contributed by atoms with Crippen LogP contribution in [0.15, 0.2) is 44.7 Å². The van der Waals surface area contributed by atoms with E-state index in [1.54, 1.807) is 12.3 Å². The predicted molar refractivity (Wildman–Crippen MR) is 146 cm³/mol.